The Morgan fingerprint density at radius 1 is 1.12 bits per heavy atom. The van der Waals surface area contributed by atoms with Crippen molar-refractivity contribution >= 4 is 34.6 Å². The van der Waals surface area contributed by atoms with Crippen LogP contribution in [0.2, 0.25) is 5.02 Å². The maximum absolute atomic E-state index is 13.9. The Hall–Kier alpha value is -3.30. The van der Waals surface area contributed by atoms with Gasteiger partial charge in [0, 0.05) is 5.69 Å². The number of aliphatic hydroxyl groups is 1. The number of benzene rings is 3. The molecule has 10 heteroatoms. The number of hydrogen-bond donors (Lipinski definition) is 2. The van der Waals surface area contributed by atoms with Crippen molar-refractivity contribution in [2.75, 3.05) is 23.4 Å². The Kier molecular flexibility index (Phi) is 6.18. The fourth-order valence-corrected chi connectivity index (χ4v) is 3.85. The van der Waals surface area contributed by atoms with Crippen LogP contribution in [0.4, 0.5) is 34.6 Å². The highest BCUT2D eigenvalue weighted by atomic mass is 35.5. The smallest absolute Gasteiger partial charge is 0.419 e. The Morgan fingerprint density at radius 3 is 2.52 bits per heavy atom. The molecule has 1 aliphatic rings. The van der Waals surface area contributed by atoms with E-state index in [1.54, 1.807) is 41.3 Å². The summed E-state index contributed by atoms with van der Waals surface area (Å²) in [6.07, 6.45) is -4.84. The fourth-order valence-electron chi connectivity index (χ4n) is 3.62. The predicted molar refractivity (Wildman–Crippen MR) is 116 cm³/mol. The number of nitrogens with one attached hydrogen (secondary N) is 1. The molecule has 2 N–H and O–H groups in total. The van der Waals surface area contributed by atoms with Crippen LogP contribution in [0.5, 0.6) is 5.75 Å². The second kappa shape index (κ2) is 8.92. The molecule has 4 rings (SSSR count). The first-order valence-corrected chi connectivity index (χ1v) is 10.2. The molecule has 1 atom stereocenters. The van der Waals surface area contributed by atoms with Crippen LogP contribution in [0, 0.1) is 5.82 Å². The topological polar surface area (TPSA) is 61.8 Å². The van der Waals surface area contributed by atoms with Gasteiger partial charge >= 0.3 is 6.18 Å². The number of carbonyl (C=O) groups excluding carboxylic acids is 1. The summed E-state index contributed by atoms with van der Waals surface area (Å²) >= 11 is 6.36. The van der Waals surface area contributed by atoms with Gasteiger partial charge in [-0.25, -0.2) is 4.39 Å². The molecule has 0 spiro atoms. The largest absolute Gasteiger partial charge is 0.488 e. The SMILES string of the molecule is O=C(Nc1ccc(C(F)(F)F)c(F)c1)c1cccc2c1OC[C@H](CO)N2c1ccccc1Cl. The first-order valence-electron chi connectivity index (χ1n) is 9.79. The number of anilines is 3. The number of ether oxygens (including phenoxy) is 1. The molecule has 0 fully saturated rings. The quantitative estimate of drug-likeness (QED) is 0.474. The van der Waals surface area contributed by atoms with Crippen molar-refractivity contribution in [2.24, 2.45) is 0 Å². The molecule has 3 aromatic carbocycles. The lowest BCUT2D eigenvalue weighted by molar-refractivity contribution is -0.139. The summed E-state index contributed by atoms with van der Waals surface area (Å²) in [5.41, 5.74) is -0.410. The van der Waals surface area contributed by atoms with Gasteiger partial charge in [0.1, 0.15) is 12.4 Å². The predicted octanol–water partition coefficient (Wildman–Crippen LogP) is 5.64. The van der Waals surface area contributed by atoms with Gasteiger partial charge in [-0.2, -0.15) is 13.2 Å². The van der Waals surface area contributed by atoms with E-state index in [4.69, 9.17) is 16.3 Å². The lowest BCUT2D eigenvalue weighted by Crippen LogP contribution is -2.43. The van der Waals surface area contributed by atoms with Crippen molar-refractivity contribution in [3.8, 4) is 5.75 Å². The molecule has 33 heavy (non-hydrogen) atoms. The monoisotopic (exact) mass is 480 g/mol. The summed E-state index contributed by atoms with van der Waals surface area (Å²) in [5.74, 6) is -2.00. The maximum atomic E-state index is 13.9. The summed E-state index contributed by atoms with van der Waals surface area (Å²) < 4.78 is 58.0. The molecule has 5 nitrogen and oxygen atoms in total. The second-order valence-electron chi connectivity index (χ2n) is 7.27. The number of carbonyl (C=O) groups is 1. The fraction of sp³-hybridized carbons (Fsp3) is 0.174. The zero-order chi connectivity index (χ0) is 23.8. The number of halogens is 5. The van der Waals surface area contributed by atoms with Crippen molar-refractivity contribution in [2.45, 2.75) is 12.2 Å². The van der Waals surface area contributed by atoms with Gasteiger partial charge in [-0.05, 0) is 42.5 Å². The number of amides is 1. The number of fused-ring (bicyclic) bond motifs is 1. The van der Waals surface area contributed by atoms with Gasteiger partial charge in [-0.1, -0.05) is 29.8 Å². The van der Waals surface area contributed by atoms with Crippen LogP contribution in [0.3, 0.4) is 0 Å². The Morgan fingerprint density at radius 2 is 1.85 bits per heavy atom. The molecular weight excluding hydrogens is 464 g/mol. The van der Waals surface area contributed by atoms with Gasteiger partial charge in [0.15, 0.2) is 5.75 Å². The number of aliphatic hydroxyl groups excluding tert-OH is 1. The van der Waals surface area contributed by atoms with Gasteiger partial charge in [0.05, 0.1) is 40.2 Å². The van der Waals surface area contributed by atoms with E-state index in [0.29, 0.717) is 28.5 Å². The summed E-state index contributed by atoms with van der Waals surface area (Å²) in [5, 5.41) is 12.7. The van der Waals surface area contributed by atoms with E-state index in [1.807, 2.05) is 0 Å². The van der Waals surface area contributed by atoms with Crippen LogP contribution in [0.15, 0.2) is 60.7 Å². The summed E-state index contributed by atoms with van der Waals surface area (Å²) in [7, 11) is 0. The van der Waals surface area contributed by atoms with Crippen molar-refractivity contribution in [1.82, 2.24) is 0 Å². The summed E-state index contributed by atoms with van der Waals surface area (Å²) in [6.45, 7) is -0.195. The number of nitrogens with zero attached hydrogens (tertiary/aromatic N) is 1. The van der Waals surface area contributed by atoms with Crippen LogP contribution in [0.1, 0.15) is 15.9 Å². The molecule has 1 amide bonds. The summed E-state index contributed by atoms with van der Waals surface area (Å²) in [6, 6.07) is 13.4. The van der Waals surface area contributed by atoms with E-state index in [9.17, 15) is 27.5 Å². The van der Waals surface area contributed by atoms with Crippen LogP contribution >= 0.6 is 11.6 Å². The van der Waals surface area contributed by atoms with E-state index in [-0.39, 0.29) is 30.2 Å². The first kappa shape index (κ1) is 22.9. The first-order chi connectivity index (χ1) is 15.7. The maximum Gasteiger partial charge on any atom is 0.419 e. The second-order valence-corrected chi connectivity index (χ2v) is 7.68. The Labute approximate surface area is 191 Å². The highest BCUT2D eigenvalue weighted by molar-refractivity contribution is 6.33. The number of para-hydroxylation sites is 2. The molecule has 0 bridgehead atoms. The van der Waals surface area contributed by atoms with E-state index in [0.717, 1.165) is 6.07 Å². The van der Waals surface area contributed by atoms with Crippen LogP contribution in [0.25, 0.3) is 0 Å². The normalized spacial score (nSPS) is 15.6. The Bertz CT molecular complexity index is 1200. The Balaban J connectivity index is 1.69. The number of hydrogen-bond acceptors (Lipinski definition) is 4. The highest BCUT2D eigenvalue weighted by Gasteiger charge is 2.35. The van der Waals surface area contributed by atoms with Gasteiger partial charge in [-0.15, -0.1) is 0 Å². The average Bonchev–Trinajstić information content (AvgIpc) is 2.77. The minimum atomic E-state index is -4.84. The van der Waals surface area contributed by atoms with E-state index < -0.39 is 29.5 Å². The van der Waals surface area contributed by atoms with E-state index in [2.05, 4.69) is 5.32 Å². The molecule has 0 radical (unpaired) electrons. The van der Waals surface area contributed by atoms with Gasteiger partial charge in [0.2, 0.25) is 0 Å². The van der Waals surface area contributed by atoms with Gasteiger partial charge in [-0.3, -0.25) is 4.79 Å². The van der Waals surface area contributed by atoms with Crippen molar-refractivity contribution in [3.05, 3.63) is 82.6 Å². The van der Waals surface area contributed by atoms with Gasteiger partial charge < -0.3 is 20.1 Å². The minimum absolute atomic E-state index is 0.0495. The van der Waals surface area contributed by atoms with Crippen LogP contribution < -0.4 is 15.0 Å². The standard InChI is InChI=1S/C23H17ClF4N2O3/c24-17-5-1-2-6-19(17)30-14(11-31)12-33-21-15(4-3-7-20(21)30)22(32)29-13-8-9-16(18(25)10-13)23(26,27)28/h1-10,14,31H,11-12H2,(H,29,32)/t14-/m0/s1. The zero-order valence-electron chi connectivity index (χ0n) is 16.9. The molecule has 1 heterocycles. The van der Waals surface area contributed by atoms with Crippen molar-refractivity contribution in [3.63, 3.8) is 0 Å². The van der Waals surface area contributed by atoms with Crippen molar-refractivity contribution in [1.29, 1.82) is 0 Å². The molecule has 1 aliphatic heterocycles. The van der Waals surface area contributed by atoms with Gasteiger partial charge in [0.25, 0.3) is 5.91 Å². The number of rotatable bonds is 4. The van der Waals surface area contributed by atoms with Crippen molar-refractivity contribution < 1.29 is 32.2 Å². The molecule has 0 aliphatic carbocycles. The van der Waals surface area contributed by atoms with Crippen LogP contribution in [-0.4, -0.2) is 30.3 Å². The molecule has 0 aromatic heterocycles. The third-order valence-electron chi connectivity index (χ3n) is 5.14. The molecule has 0 saturated heterocycles. The summed E-state index contributed by atoms with van der Waals surface area (Å²) in [4.78, 5) is 14.7. The zero-order valence-corrected chi connectivity index (χ0v) is 17.6. The minimum Gasteiger partial charge on any atom is -0.488 e. The van der Waals surface area contributed by atoms with Crippen LogP contribution in [-0.2, 0) is 6.18 Å². The molecular formula is C23H17ClF4N2O3. The lowest BCUT2D eigenvalue weighted by atomic mass is 10.1. The lowest BCUT2D eigenvalue weighted by Gasteiger charge is -2.38. The third kappa shape index (κ3) is 4.46. The molecule has 172 valence electrons. The average molecular weight is 481 g/mol. The highest BCUT2D eigenvalue weighted by Crippen LogP contribution is 2.43. The number of alkyl halides is 3. The van der Waals surface area contributed by atoms with E-state index in [1.165, 1.54) is 6.07 Å². The van der Waals surface area contributed by atoms with E-state index >= 15 is 0 Å². The third-order valence-corrected chi connectivity index (χ3v) is 5.46. The molecule has 0 saturated carbocycles. The molecule has 0 unspecified atom stereocenters. The molecule has 3 aromatic rings.